The van der Waals surface area contributed by atoms with E-state index in [1.807, 2.05) is 24.3 Å². The molecule has 1 saturated heterocycles. The van der Waals surface area contributed by atoms with Crippen LogP contribution in [0.1, 0.15) is 43.7 Å². The Balaban J connectivity index is 1.40. The number of pyridine rings is 2. The first-order chi connectivity index (χ1) is 16.8. The number of rotatable bonds is 10. The van der Waals surface area contributed by atoms with Gasteiger partial charge in [-0.3, -0.25) is 9.88 Å². The third-order valence-electron chi connectivity index (χ3n) is 5.93. The molecule has 4 rings (SSSR count). The van der Waals surface area contributed by atoms with E-state index in [0.717, 1.165) is 23.1 Å². The van der Waals surface area contributed by atoms with E-state index in [-0.39, 0.29) is 13.0 Å². The van der Waals surface area contributed by atoms with Crippen LogP contribution in [0.4, 0.5) is 20.4 Å². The molecule has 0 unspecified atom stereocenters. The summed E-state index contributed by atoms with van der Waals surface area (Å²) in [5.41, 5.74) is 3.91. The van der Waals surface area contributed by atoms with Crippen LogP contribution in [0.25, 0.3) is 16.6 Å². The molecule has 1 aliphatic heterocycles. The molecule has 0 saturated carbocycles. The minimum atomic E-state index is -2.56. The number of aromatic nitrogens is 4. The van der Waals surface area contributed by atoms with Gasteiger partial charge in [0.2, 0.25) is 0 Å². The summed E-state index contributed by atoms with van der Waals surface area (Å²) >= 11 is 0. The van der Waals surface area contributed by atoms with E-state index in [0.29, 0.717) is 48.3 Å². The van der Waals surface area contributed by atoms with E-state index in [1.54, 1.807) is 23.5 Å². The lowest BCUT2D eigenvalue weighted by atomic mass is 10.1. The molecule has 0 radical (unpaired) electrons. The van der Waals surface area contributed by atoms with E-state index in [9.17, 15) is 8.78 Å². The van der Waals surface area contributed by atoms with E-state index in [4.69, 9.17) is 5.41 Å². The van der Waals surface area contributed by atoms with Crippen molar-refractivity contribution in [2.75, 3.05) is 31.5 Å². The van der Waals surface area contributed by atoms with Gasteiger partial charge in [0.15, 0.2) is 5.82 Å². The number of likely N-dealkylation sites (tertiary alicyclic amines) is 1. The highest BCUT2D eigenvalue weighted by Gasteiger charge is 2.37. The highest BCUT2D eigenvalue weighted by atomic mass is 19.3. The van der Waals surface area contributed by atoms with Crippen LogP contribution in [0, 0.1) is 5.41 Å². The first kappa shape index (κ1) is 24.6. The van der Waals surface area contributed by atoms with Crippen LogP contribution in [-0.4, -0.2) is 63.4 Å². The van der Waals surface area contributed by atoms with Gasteiger partial charge in [-0.1, -0.05) is 13.8 Å². The fourth-order valence-electron chi connectivity index (χ4n) is 3.92. The van der Waals surface area contributed by atoms with Gasteiger partial charge in [-0.15, -0.1) is 5.10 Å². The molecule has 4 heterocycles. The molecule has 35 heavy (non-hydrogen) atoms. The van der Waals surface area contributed by atoms with E-state index >= 15 is 0 Å². The zero-order valence-electron chi connectivity index (χ0n) is 19.9. The maximum atomic E-state index is 13.3. The molecule has 184 valence electrons. The molecular weight excluding hydrogens is 450 g/mol. The highest BCUT2D eigenvalue weighted by Crippen LogP contribution is 2.26. The fraction of sp³-hybridized carbons (Fsp3) is 0.400. The van der Waals surface area contributed by atoms with Crippen LogP contribution in [-0.2, 0) is 0 Å². The third-order valence-corrected chi connectivity index (χ3v) is 5.93. The molecule has 1 fully saturated rings. The number of hydrogen-bond acceptors (Lipinski definition) is 8. The molecule has 1 aliphatic rings. The molecule has 0 aliphatic carbocycles. The van der Waals surface area contributed by atoms with E-state index in [2.05, 4.69) is 44.6 Å². The van der Waals surface area contributed by atoms with Gasteiger partial charge in [-0.2, -0.15) is 5.10 Å². The molecule has 0 spiro atoms. The van der Waals surface area contributed by atoms with E-state index in [1.165, 1.54) is 6.21 Å². The number of nitrogens with one attached hydrogen (secondary N) is 3. The summed E-state index contributed by atoms with van der Waals surface area (Å²) in [6.45, 7) is 5.73. The molecule has 0 bridgehead atoms. The number of halogens is 2. The predicted molar refractivity (Wildman–Crippen MR) is 134 cm³/mol. The van der Waals surface area contributed by atoms with Crippen molar-refractivity contribution >= 4 is 34.5 Å². The van der Waals surface area contributed by atoms with Crippen LogP contribution in [0.3, 0.4) is 0 Å². The molecule has 3 aromatic heterocycles. The molecular formula is C25H30F2N8. The van der Waals surface area contributed by atoms with Gasteiger partial charge in [0.25, 0.3) is 5.92 Å². The van der Waals surface area contributed by atoms with Gasteiger partial charge < -0.3 is 16.0 Å². The first-order valence-corrected chi connectivity index (χ1v) is 11.7. The second-order valence-electron chi connectivity index (χ2n) is 9.05. The topological polar surface area (TPSA) is 103 Å². The summed E-state index contributed by atoms with van der Waals surface area (Å²) in [7, 11) is 0. The number of allylic oxidation sites excluding steroid dienone is 1. The average molecular weight is 481 g/mol. The number of anilines is 2. The Bertz CT molecular complexity index is 1210. The molecule has 3 N–H and O–H groups in total. The molecule has 8 nitrogen and oxygen atoms in total. The second-order valence-corrected chi connectivity index (χ2v) is 9.05. The predicted octanol–water partition coefficient (Wildman–Crippen LogP) is 4.60. The van der Waals surface area contributed by atoms with Crippen LogP contribution < -0.4 is 10.6 Å². The minimum absolute atomic E-state index is 0.0593. The summed E-state index contributed by atoms with van der Waals surface area (Å²) in [5, 5.41) is 22.4. The Kier molecular flexibility index (Phi) is 7.60. The third kappa shape index (κ3) is 6.54. The zero-order valence-corrected chi connectivity index (χ0v) is 19.9. The maximum Gasteiger partial charge on any atom is 0.261 e. The SMILES string of the molecule is CC(C)c1cnnc(Nc2ccc3ncc(/C(C=N)=C/NCCCN4CCC(F)(F)C4)cc3n2)c1. The van der Waals surface area contributed by atoms with Crippen molar-refractivity contribution in [2.24, 2.45) is 0 Å². The summed E-state index contributed by atoms with van der Waals surface area (Å²) in [6, 6.07) is 7.55. The zero-order chi connectivity index (χ0) is 24.8. The molecule has 10 heteroatoms. The number of alkyl halides is 2. The Hall–Kier alpha value is -3.53. The maximum absolute atomic E-state index is 13.3. The molecule has 0 atom stereocenters. The minimum Gasteiger partial charge on any atom is -0.390 e. The van der Waals surface area contributed by atoms with Crippen molar-refractivity contribution < 1.29 is 8.78 Å². The highest BCUT2D eigenvalue weighted by molar-refractivity contribution is 6.08. The molecule has 3 aromatic rings. The van der Waals surface area contributed by atoms with Gasteiger partial charge in [0, 0.05) is 55.8 Å². The lowest BCUT2D eigenvalue weighted by molar-refractivity contribution is 0.0122. The van der Waals surface area contributed by atoms with Gasteiger partial charge >= 0.3 is 0 Å². The van der Waals surface area contributed by atoms with Crippen LogP contribution in [0.2, 0.25) is 0 Å². The smallest absolute Gasteiger partial charge is 0.261 e. The van der Waals surface area contributed by atoms with Crippen molar-refractivity contribution in [2.45, 2.75) is 38.5 Å². The second kappa shape index (κ2) is 10.8. The standard InChI is InChI=1S/C25H30F2N8/c1-17(2)18-11-24(34-31-15-18)33-23-5-4-21-22(32-23)10-19(14-30-21)20(12-28)13-29-7-3-8-35-9-6-25(26,27)16-35/h4-5,10-15,17,28-29H,3,6-9,16H2,1-2H3,(H,32,33,34)/b20-13+,28-12?. The largest absolute Gasteiger partial charge is 0.390 e. The number of hydrogen-bond donors (Lipinski definition) is 3. The van der Waals surface area contributed by atoms with Crippen LogP contribution in [0.15, 0.2) is 42.9 Å². The first-order valence-electron chi connectivity index (χ1n) is 11.7. The fourth-order valence-corrected chi connectivity index (χ4v) is 3.92. The van der Waals surface area contributed by atoms with E-state index < -0.39 is 5.92 Å². The van der Waals surface area contributed by atoms with Gasteiger partial charge in [-0.05, 0) is 42.2 Å². The van der Waals surface area contributed by atoms with Gasteiger partial charge in [-0.25, -0.2) is 13.8 Å². The average Bonchev–Trinajstić information content (AvgIpc) is 3.19. The molecule has 0 amide bonds. The van der Waals surface area contributed by atoms with Crippen LogP contribution >= 0.6 is 0 Å². The summed E-state index contributed by atoms with van der Waals surface area (Å²) < 4.78 is 26.6. The Morgan fingerprint density at radius 3 is 2.80 bits per heavy atom. The number of nitrogens with zero attached hydrogens (tertiary/aromatic N) is 5. The Labute approximate surface area is 203 Å². The lowest BCUT2D eigenvalue weighted by Crippen LogP contribution is -2.27. The van der Waals surface area contributed by atoms with Crippen molar-refractivity contribution in [3.8, 4) is 0 Å². The van der Waals surface area contributed by atoms with Gasteiger partial charge in [0.05, 0.1) is 23.8 Å². The quantitative estimate of drug-likeness (QED) is 0.288. The van der Waals surface area contributed by atoms with Crippen LogP contribution in [0.5, 0.6) is 0 Å². The monoisotopic (exact) mass is 480 g/mol. The van der Waals surface area contributed by atoms with Crippen molar-refractivity contribution in [1.29, 1.82) is 5.41 Å². The van der Waals surface area contributed by atoms with Crippen molar-refractivity contribution in [3.05, 3.63) is 54.0 Å². The summed E-state index contributed by atoms with van der Waals surface area (Å²) in [4.78, 5) is 10.9. The van der Waals surface area contributed by atoms with Crippen molar-refractivity contribution in [3.63, 3.8) is 0 Å². The molecule has 0 aromatic carbocycles. The lowest BCUT2D eigenvalue weighted by Gasteiger charge is -2.15. The van der Waals surface area contributed by atoms with Crippen molar-refractivity contribution in [1.82, 2.24) is 30.4 Å². The summed E-state index contributed by atoms with van der Waals surface area (Å²) in [6.07, 6.45) is 7.15. The summed E-state index contributed by atoms with van der Waals surface area (Å²) in [5.74, 6) is -0.974. The van der Waals surface area contributed by atoms with Gasteiger partial charge in [0.1, 0.15) is 5.82 Å². The normalized spacial score (nSPS) is 16.1. The Morgan fingerprint density at radius 1 is 1.20 bits per heavy atom. The Morgan fingerprint density at radius 2 is 2.06 bits per heavy atom. The number of fused-ring (bicyclic) bond motifs is 1.